The molecule has 0 saturated carbocycles. The molecule has 134 valence electrons. The molecule has 4 rings (SSSR count). The van der Waals surface area contributed by atoms with Crippen molar-refractivity contribution < 1.29 is 17.9 Å². The second-order valence-corrected chi connectivity index (χ2v) is 5.72. The van der Waals surface area contributed by atoms with E-state index in [9.17, 15) is 13.2 Å². The Hall–Kier alpha value is -3.80. The first-order chi connectivity index (χ1) is 12.9. The van der Waals surface area contributed by atoms with Crippen LogP contribution in [0.1, 0.15) is 5.69 Å². The average Bonchev–Trinajstić information content (AvgIpc) is 3.28. The van der Waals surface area contributed by atoms with E-state index in [1.165, 1.54) is 12.1 Å². The summed E-state index contributed by atoms with van der Waals surface area (Å²) in [7, 11) is 0. The molecule has 0 spiro atoms. The van der Waals surface area contributed by atoms with Gasteiger partial charge in [-0.05, 0) is 52.9 Å². The van der Waals surface area contributed by atoms with Gasteiger partial charge in [0.15, 0.2) is 5.69 Å². The van der Waals surface area contributed by atoms with Gasteiger partial charge in [0.25, 0.3) is 0 Å². The van der Waals surface area contributed by atoms with Crippen molar-refractivity contribution in [3.05, 3.63) is 54.4 Å². The Bertz CT molecular complexity index is 1170. The van der Waals surface area contributed by atoms with Gasteiger partial charge in [0.1, 0.15) is 17.5 Å². The van der Waals surface area contributed by atoms with Gasteiger partial charge < -0.3 is 9.72 Å². The van der Waals surface area contributed by atoms with E-state index in [0.29, 0.717) is 11.1 Å². The van der Waals surface area contributed by atoms with Crippen LogP contribution in [0, 0.1) is 11.3 Å². The zero-order valence-corrected chi connectivity index (χ0v) is 13.5. The van der Waals surface area contributed by atoms with Crippen LogP contribution < -0.4 is 4.74 Å². The molecular formula is C18H10F3N5O. The number of halogens is 3. The Morgan fingerprint density at radius 1 is 1.00 bits per heavy atom. The molecule has 2 heterocycles. The van der Waals surface area contributed by atoms with Gasteiger partial charge in [0.2, 0.25) is 0 Å². The molecule has 0 saturated heterocycles. The largest absolute Gasteiger partial charge is 0.573 e. The van der Waals surface area contributed by atoms with Crippen LogP contribution in [-0.2, 0) is 0 Å². The molecule has 0 amide bonds. The smallest absolute Gasteiger partial charge is 0.406 e. The molecule has 0 fully saturated rings. The number of alkyl halides is 3. The highest BCUT2D eigenvalue weighted by molar-refractivity contribution is 5.86. The third-order valence-corrected chi connectivity index (χ3v) is 3.96. The fourth-order valence-electron chi connectivity index (χ4n) is 2.84. The third kappa shape index (κ3) is 3.32. The Balaban J connectivity index is 1.88. The Kier molecular flexibility index (Phi) is 3.81. The lowest BCUT2D eigenvalue weighted by Gasteiger charge is -2.12. The minimum Gasteiger partial charge on any atom is -0.406 e. The van der Waals surface area contributed by atoms with Crippen LogP contribution in [0.3, 0.4) is 0 Å². The first kappa shape index (κ1) is 16.7. The van der Waals surface area contributed by atoms with E-state index in [4.69, 9.17) is 5.26 Å². The van der Waals surface area contributed by atoms with Gasteiger partial charge >= 0.3 is 6.36 Å². The molecule has 2 N–H and O–H groups in total. The molecule has 0 bridgehead atoms. The van der Waals surface area contributed by atoms with Gasteiger partial charge in [-0.25, -0.2) is 5.10 Å². The molecule has 0 atom stereocenters. The fraction of sp³-hybridized carbons (Fsp3) is 0.0556. The van der Waals surface area contributed by atoms with Gasteiger partial charge in [-0.2, -0.15) is 5.26 Å². The molecule has 27 heavy (non-hydrogen) atoms. The number of H-pyrrole nitrogens is 2. The van der Waals surface area contributed by atoms with Crippen molar-refractivity contribution in [3.63, 3.8) is 0 Å². The number of rotatable bonds is 3. The number of benzene rings is 2. The number of nitrogens with one attached hydrogen (secondary N) is 2. The summed E-state index contributed by atoms with van der Waals surface area (Å²) in [5.41, 5.74) is 2.57. The van der Waals surface area contributed by atoms with Crippen LogP contribution in [0.25, 0.3) is 33.3 Å². The van der Waals surface area contributed by atoms with E-state index >= 15 is 0 Å². The van der Waals surface area contributed by atoms with Crippen LogP contribution in [0.5, 0.6) is 5.75 Å². The number of hydrogen-bond acceptors (Lipinski definition) is 4. The van der Waals surface area contributed by atoms with Crippen LogP contribution in [0.15, 0.2) is 48.7 Å². The lowest BCUT2D eigenvalue weighted by atomic mass is 9.99. The summed E-state index contributed by atoms with van der Waals surface area (Å²) < 4.78 is 42.3. The van der Waals surface area contributed by atoms with E-state index in [1.807, 2.05) is 24.3 Å². The standard InChI is InChI=1S/C18H10F3N5O/c19-18(20,21)27-14-7-12(10-1-2-15-11(5-10)3-4-23-15)6-13(8-14)17-16(9-22)24-26-25-17/h1-8,23H,(H,24,25,26). The highest BCUT2D eigenvalue weighted by atomic mass is 19.4. The van der Waals surface area contributed by atoms with Crippen molar-refractivity contribution in [2.45, 2.75) is 6.36 Å². The number of nitriles is 1. The first-order valence-corrected chi connectivity index (χ1v) is 7.73. The molecule has 0 aliphatic rings. The lowest BCUT2D eigenvalue weighted by Crippen LogP contribution is -2.17. The maximum Gasteiger partial charge on any atom is 0.573 e. The molecule has 0 aliphatic carbocycles. The van der Waals surface area contributed by atoms with Gasteiger partial charge in [-0.3, -0.25) is 0 Å². The highest BCUT2D eigenvalue weighted by Gasteiger charge is 2.31. The van der Waals surface area contributed by atoms with Gasteiger partial charge in [0.05, 0.1) is 0 Å². The second-order valence-electron chi connectivity index (χ2n) is 5.72. The maximum absolute atomic E-state index is 12.7. The molecule has 0 aliphatic heterocycles. The molecular weight excluding hydrogens is 359 g/mol. The van der Waals surface area contributed by atoms with Crippen LogP contribution in [0.4, 0.5) is 13.2 Å². The predicted octanol–water partition coefficient (Wildman–Crippen LogP) is 4.39. The topological polar surface area (TPSA) is 90.4 Å². The molecule has 9 heteroatoms. The van der Waals surface area contributed by atoms with Gasteiger partial charge in [-0.1, -0.05) is 11.3 Å². The van der Waals surface area contributed by atoms with Gasteiger partial charge in [0, 0.05) is 17.3 Å². The zero-order chi connectivity index (χ0) is 19.0. The SMILES string of the molecule is N#Cc1[nH]nnc1-c1cc(OC(F)(F)F)cc(-c2ccc3[nH]ccc3c2)c1. The van der Waals surface area contributed by atoms with Crippen molar-refractivity contribution in [1.29, 1.82) is 5.26 Å². The van der Waals surface area contributed by atoms with Crippen molar-refractivity contribution >= 4 is 10.9 Å². The van der Waals surface area contributed by atoms with Gasteiger partial charge in [-0.15, -0.1) is 18.3 Å². The number of ether oxygens (including phenoxy) is 1. The molecule has 2 aromatic heterocycles. The maximum atomic E-state index is 12.7. The van der Waals surface area contributed by atoms with E-state index in [1.54, 1.807) is 18.3 Å². The number of fused-ring (bicyclic) bond motifs is 1. The minimum atomic E-state index is -4.84. The predicted molar refractivity (Wildman–Crippen MR) is 90.5 cm³/mol. The summed E-state index contributed by atoms with van der Waals surface area (Å²) in [6.45, 7) is 0. The van der Waals surface area contributed by atoms with E-state index in [2.05, 4.69) is 25.1 Å². The Morgan fingerprint density at radius 3 is 2.59 bits per heavy atom. The molecule has 0 unspecified atom stereocenters. The molecule has 2 aromatic carbocycles. The number of nitrogens with zero attached hydrogens (tertiary/aromatic N) is 3. The summed E-state index contributed by atoms with van der Waals surface area (Å²) >= 11 is 0. The van der Waals surface area contributed by atoms with Crippen LogP contribution >= 0.6 is 0 Å². The van der Waals surface area contributed by atoms with Crippen molar-refractivity contribution in [3.8, 4) is 34.2 Å². The van der Waals surface area contributed by atoms with E-state index in [0.717, 1.165) is 10.9 Å². The van der Waals surface area contributed by atoms with Crippen molar-refractivity contribution in [2.75, 3.05) is 0 Å². The number of aromatic nitrogens is 4. The lowest BCUT2D eigenvalue weighted by molar-refractivity contribution is -0.274. The van der Waals surface area contributed by atoms with Crippen LogP contribution in [0.2, 0.25) is 0 Å². The monoisotopic (exact) mass is 369 g/mol. The summed E-state index contributed by atoms with van der Waals surface area (Å²) in [6, 6.07) is 13.3. The molecule has 4 aromatic rings. The first-order valence-electron chi connectivity index (χ1n) is 7.73. The normalized spacial score (nSPS) is 11.5. The van der Waals surface area contributed by atoms with Crippen molar-refractivity contribution in [1.82, 2.24) is 20.4 Å². The number of aromatic amines is 2. The zero-order valence-electron chi connectivity index (χ0n) is 13.5. The molecule has 0 radical (unpaired) electrons. The summed E-state index contributed by atoms with van der Waals surface area (Å²) in [4.78, 5) is 3.06. The van der Waals surface area contributed by atoms with Crippen molar-refractivity contribution in [2.24, 2.45) is 0 Å². The van der Waals surface area contributed by atoms with E-state index in [-0.39, 0.29) is 17.0 Å². The second kappa shape index (κ2) is 6.17. The quantitative estimate of drug-likeness (QED) is 0.560. The Labute approximate surface area is 150 Å². The summed E-state index contributed by atoms with van der Waals surface area (Å²) in [5, 5.41) is 19.8. The minimum absolute atomic E-state index is 0.0474. The van der Waals surface area contributed by atoms with Crippen LogP contribution in [-0.4, -0.2) is 26.8 Å². The summed E-state index contributed by atoms with van der Waals surface area (Å²) in [6.07, 6.45) is -3.07. The fourth-order valence-corrected chi connectivity index (χ4v) is 2.84. The average molecular weight is 369 g/mol. The molecule has 6 nitrogen and oxygen atoms in total. The number of hydrogen-bond donors (Lipinski definition) is 2. The Morgan fingerprint density at radius 2 is 1.81 bits per heavy atom. The third-order valence-electron chi connectivity index (χ3n) is 3.96. The highest BCUT2D eigenvalue weighted by Crippen LogP contribution is 2.34. The summed E-state index contributed by atoms with van der Waals surface area (Å²) in [5.74, 6) is -0.406. The van der Waals surface area contributed by atoms with E-state index < -0.39 is 12.1 Å².